The number of hydroxylamine groups is 2. The molecule has 0 aromatic carbocycles. The fourth-order valence-corrected chi connectivity index (χ4v) is 2.71. The molecule has 1 N–H and O–H groups in total. The van der Waals surface area contributed by atoms with Crippen LogP contribution in [0.15, 0.2) is 0 Å². The van der Waals surface area contributed by atoms with Gasteiger partial charge in [-0.1, -0.05) is 65.2 Å². The summed E-state index contributed by atoms with van der Waals surface area (Å²) >= 11 is 0. The molecule has 0 spiro atoms. The summed E-state index contributed by atoms with van der Waals surface area (Å²) in [6.45, 7) is 9.56. The number of nitrogens with one attached hydrogen (secondary N) is 1. The maximum Gasteiger partial charge on any atom is 0.0917 e. The zero-order chi connectivity index (χ0) is 15.3. The van der Waals surface area contributed by atoms with E-state index in [0.717, 1.165) is 19.4 Å². The molecule has 0 saturated carbocycles. The van der Waals surface area contributed by atoms with Gasteiger partial charge in [0.25, 0.3) is 0 Å². The minimum Gasteiger partial charge on any atom is -0.634 e. The molecule has 0 aliphatic rings. The molecule has 1 unspecified atom stereocenters. The van der Waals surface area contributed by atoms with Gasteiger partial charge in [-0.3, -0.25) is 0 Å². The van der Waals surface area contributed by atoms with Gasteiger partial charge in [-0.2, -0.15) is 0 Å². The highest BCUT2D eigenvalue weighted by Crippen LogP contribution is 2.13. The number of rotatable bonds is 14. The van der Waals surface area contributed by atoms with Crippen molar-refractivity contribution in [2.45, 2.75) is 110 Å². The third-order valence-corrected chi connectivity index (χ3v) is 4.42. The molecule has 0 aliphatic carbocycles. The minimum absolute atomic E-state index is 0.0877. The molecule has 2 nitrogen and oxygen atoms in total. The largest absolute Gasteiger partial charge is 0.634 e. The monoisotopic (exact) mass is 285 g/mol. The lowest BCUT2D eigenvalue weighted by molar-refractivity contribution is -0.901. The van der Waals surface area contributed by atoms with Crippen molar-refractivity contribution in [3.05, 3.63) is 5.21 Å². The average molecular weight is 286 g/mol. The Balaban J connectivity index is 3.60. The smallest absolute Gasteiger partial charge is 0.0917 e. The lowest BCUT2D eigenvalue weighted by Crippen LogP contribution is -3.15. The zero-order valence-corrected chi connectivity index (χ0v) is 14.6. The first-order valence-electron chi connectivity index (χ1n) is 9.08. The third-order valence-electron chi connectivity index (χ3n) is 4.42. The Morgan fingerprint density at radius 3 is 1.70 bits per heavy atom. The van der Waals surface area contributed by atoms with Crippen molar-refractivity contribution >= 4 is 0 Å². The Hall–Kier alpha value is -0.0800. The summed E-state index contributed by atoms with van der Waals surface area (Å²) in [7, 11) is 0. The van der Waals surface area contributed by atoms with Gasteiger partial charge in [0.05, 0.1) is 12.1 Å². The Morgan fingerprint density at radius 2 is 1.15 bits per heavy atom. The van der Waals surface area contributed by atoms with Crippen LogP contribution in [0.5, 0.6) is 0 Å². The second-order valence-electron chi connectivity index (χ2n) is 6.99. The first-order chi connectivity index (χ1) is 9.54. The summed E-state index contributed by atoms with van der Waals surface area (Å²) in [5.74, 6) is 0. The second-order valence-corrected chi connectivity index (χ2v) is 6.99. The molecule has 0 aromatic heterocycles. The molecule has 0 amide bonds. The molecule has 0 saturated heterocycles. The molecule has 0 bridgehead atoms. The van der Waals surface area contributed by atoms with E-state index in [-0.39, 0.29) is 5.54 Å². The molecule has 122 valence electrons. The van der Waals surface area contributed by atoms with Crippen molar-refractivity contribution in [1.82, 2.24) is 0 Å². The highest BCUT2D eigenvalue weighted by atomic mass is 16.5. The normalized spacial score (nSPS) is 13.7. The highest BCUT2D eigenvalue weighted by molar-refractivity contribution is 4.67. The molecule has 0 rings (SSSR count). The average Bonchev–Trinajstić information content (AvgIpc) is 2.42. The number of quaternary nitrogens is 1. The van der Waals surface area contributed by atoms with Crippen molar-refractivity contribution in [3.8, 4) is 0 Å². The van der Waals surface area contributed by atoms with Crippen LogP contribution in [0.25, 0.3) is 0 Å². The van der Waals surface area contributed by atoms with Crippen LogP contribution in [0.1, 0.15) is 105 Å². The van der Waals surface area contributed by atoms with Crippen LogP contribution in [0, 0.1) is 5.21 Å². The van der Waals surface area contributed by atoms with Crippen LogP contribution >= 0.6 is 0 Å². The molecule has 20 heavy (non-hydrogen) atoms. The maximum atomic E-state index is 12.2. The third kappa shape index (κ3) is 10.7. The predicted molar refractivity (Wildman–Crippen MR) is 90.0 cm³/mol. The van der Waals surface area contributed by atoms with E-state index in [1.54, 1.807) is 0 Å². The Morgan fingerprint density at radius 1 is 0.700 bits per heavy atom. The van der Waals surface area contributed by atoms with Crippen LogP contribution in [0.2, 0.25) is 0 Å². The Kier molecular flexibility index (Phi) is 12.6. The minimum atomic E-state index is -0.0877. The van der Waals surface area contributed by atoms with Gasteiger partial charge in [0, 0.05) is 6.42 Å². The van der Waals surface area contributed by atoms with Crippen LogP contribution in [-0.2, 0) is 0 Å². The maximum absolute atomic E-state index is 12.2. The van der Waals surface area contributed by atoms with Crippen molar-refractivity contribution in [2.24, 2.45) is 0 Å². The van der Waals surface area contributed by atoms with E-state index in [2.05, 4.69) is 27.7 Å². The highest BCUT2D eigenvalue weighted by Gasteiger charge is 2.23. The van der Waals surface area contributed by atoms with Crippen LogP contribution in [0.4, 0.5) is 0 Å². The van der Waals surface area contributed by atoms with Crippen molar-refractivity contribution < 1.29 is 5.06 Å². The summed E-state index contributed by atoms with van der Waals surface area (Å²) in [4.78, 5) is 0. The Bertz CT molecular complexity index is 204. The molecule has 0 heterocycles. The quantitative estimate of drug-likeness (QED) is 0.358. The van der Waals surface area contributed by atoms with Gasteiger partial charge >= 0.3 is 0 Å². The standard InChI is InChI=1S/C18H39NO/c1-5-7-9-11-12-13-14-16-18(3,4)19(20)17-15-10-8-6-2/h19H,5-17H2,1-4H3. The van der Waals surface area contributed by atoms with E-state index < -0.39 is 0 Å². The van der Waals surface area contributed by atoms with E-state index >= 15 is 0 Å². The van der Waals surface area contributed by atoms with Crippen LogP contribution < -0.4 is 5.06 Å². The van der Waals surface area contributed by atoms with Crippen molar-refractivity contribution in [3.63, 3.8) is 0 Å². The van der Waals surface area contributed by atoms with E-state index in [1.165, 1.54) is 64.2 Å². The van der Waals surface area contributed by atoms with E-state index in [0.29, 0.717) is 5.06 Å². The predicted octanol–water partition coefficient (Wildman–Crippen LogP) is 4.87. The van der Waals surface area contributed by atoms with Gasteiger partial charge in [-0.05, 0) is 33.1 Å². The Labute approximate surface area is 127 Å². The molecular weight excluding hydrogens is 246 g/mol. The number of unbranched alkanes of at least 4 members (excludes halogenated alkanes) is 9. The molecule has 0 radical (unpaired) electrons. The fourth-order valence-electron chi connectivity index (χ4n) is 2.71. The van der Waals surface area contributed by atoms with Crippen molar-refractivity contribution in [2.75, 3.05) is 6.54 Å². The molecule has 2 heteroatoms. The van der Waals surface area contributed by atoms with Crippen molar-refractivity contribution in [1.29, 1.82) is 0 Å². The van der Waals surface area contributed by atoms with Gasteiger partial charge in [-0.15, -0.1) is 0 Å². The van der Waals surface area contributed by atoms with Gasteiger partial charge in [-0.25, -0.2) is 0 Å². The molecule has 0 fully saturated rings. The first-order valence-corrected chi connectivity index (χ1v) is 9.08. The summed E-state index contributed by atoms with van der Waals surface area (Å²) in [6.07, 6.45) is 15.2. The van der Waals surface area contributed by atoms with E-state index in [9.17, 15) is 5.21 Å². The summed E-state index contributed by atoms with van der Waals surface area (Å²) < 4.78 is 0. The number of hydrogen-bond acceptors (Lipinski definition) is 1. The van der Waals surface area contributed by atoms with Crippen LogP contribution in [0.3, 0.4) is 0 Å². The fraction of sp³-hybridized carbons (Fsp3) is 1.00. The summed E-state index contributed by atoms with van der Waals surface area (Å²) in [5.41, 5.74) is -0.0877. The summed E-state index contributed by atoms with van der Waals surface area (Å²) in [5, 5.41) is 12.7. The molecule has 0 aromatic rings. The lowest BCUT2D eigenvalue weighted by Gasteiger charge is -2.38. The number of hydrogen-bond donors (Lipinski definition) is 1. The molecule has 0 aliphatic heterocycles. The van der Waals surface area contributed by atoms with Gasteiger partial charge < -0.3 is 10.3 Å². The van der Waals surface area contributed by atoms with Gasteiger partial charge in [0.1, 0.15) is 0 Å². The summed E-state index contributed by atoms with van der Waals surface area (Å²) in [6, 6.07) is 0. The van der Waals surface area contributed by atoms with Gasteiger partial charge in [0.15, 0.2) is 0 Å². The van der Waals surface area contributed by atoms with Crippen LogP contribution in [-0.4, -0.2) is 12.1 Å². The van der Waals surface area contributed by atoms with Gasteiger partial charge in [0.2, 0.25) is 0 Å². The van der Waals surface area contributed by atoms with E-state index in [4.69, 9.17) is 0 Å². The zero-order valence-electron chi connectivity index (χ0n) is 14.6. The topological polar surface area (TPSA) is 27.5 Å². The molecule has 1 atom stereocenters. The lowest BCUT2D eigenvalue weighted by atomic mass is 9.95. The second kappa shape index (κ2) is 12.6. The first kappa shape index (κ1) is 19.9. The molecular formula is C18H39NO. The SMILES string of the molecule is CCCCCCCCCC(C)(C)[NH+]([O-])CCCCCC. The van der Waals surface area contributed by atoms with E-state index in [1.807, 2.05) is 0 Å².